The zero-order valence-corrected chi connectivity index (χ0v) is 11.6. The molecule has 0 aromatic heterocycles. The van der Waals surface area contributed by atoms with Gasteiger partial charge in [0, 0.05) is 18.7 Å². The summed E-state index contributed by atoms with van der Waals surface area (Å²) in [6.07, 6.45) is -0.0289. The number of nitrogen functional groups attached to an aromatic ring is 1. The molecule has 1 amide bonds. The number of aliphatic hydroxyl groups excluding tert-OH is 1. The van der Waals surface area contributed by atoms with E-state index in [1.54, 1.807) is 38.1 Å². The minimum atomic E-state index is -1.17. The Morgan fingerprint density at radius 1 is 1.30 bits per heavy atom. The topological polar surface area (TPSA) is 113 Å². The van der Waals surface area contributed by atoms with Crippen LogP contribution in [0.2, 0.25) is 0 Å². The van der Waals surface area contributed by atoms with E-state index < -0.39 is 23.3 Å². The van der Waals surface area contributed by atoms with Crippen molar-refractivity contribution in [1.82, 2.24) is 5.32 Å². The van der Waals surface area contributed by atoms with Crippen molar-refractivity contribution in [1.29, 1.82) is 0 Å². The van der Waals surface area contributed by atoms with Gasteiger partial charge in [0.25, 0.3) is 0 Å². The van der Waals surface area contributed by atoms with Crippen LogP contribution in [0.25, 0.3) is 0 Å². The fourth-order valence-corrected chi connectivity index (χ4v) is 1.76. The van der Waals surface area contributed by atoms with Crippen molar-refractivity contribution >= 4 is 17.6 Å². The first-order valence-electron chi connectivity index (χ1n) is 6.29. The minimum Gasteiger partial charge on any atom is -0.480 e. The highest BCUT2D eigenvalue weighted by Crippen LogP contribution is 2.24. The molecular weight excluding hydrogens is 260 g/mol. The van der Waals surface area contributed by atoms with Gasteiger partial charge in [0.2, 0.25) is 5.91 Å². The molecular formula is C14H20N2O4. The molecule has 0 aliphatic carbocycles. The van der Waals surface area contributed by atoms with E-state index in [2.05, 4.69) is 5.32 Å². The van der Waals surface area contributed by atoms with E-state index in [-0.39, 0.29) is 13.0 Å². The third kappa shape index (κ3) is 3.71. The fourth-order valence-electron chi connectivity index (χ4n) is 1.76. The number of amides is 1. The van der Waals surface area contributed by atoms with Crippen molar-refractivity contribution in [2.75, 3.05) is 12.3 Å². The number of aliphatic hydroxyl groups is 1. The van der Waals surface area contributed by atoms with Gasteiger partial charge in [-0.1, -0.05) is 12.1 Å². The summed E-state index contributed by atoms with van der Waals surface area (Å²) in [6.45, 7) is 3.09. The smallest absolute Gasteiger partial charge is 0.326 e. The first-order valence-corrected chi connectivity index (χ1v) is 6.29. The molecule has 0 saturated carbocycles. The van der Waals surface area contributed by atoms with E-state index in [9.17, 15) is 9.59 Å². The molecule has 1 unspecified atom stereocenters. The van der Waals surface area contributed by atoms with E-state index >= 15 is 0 Å². The molecule has 0 spiro atoms. The van der Waals surface area contributed by atoms with Crippen LogP contribution in [0, 0.1) is 0 Å². The molecule has 1 rings (SSSR count). The summed E-state index contributed by atoms with van der Waals surface area (Å²) in [5.74, 6) is -1.58. The van der Waals surface area contributed by atoms with E-state index in [4.69, 9.17) is 15.9 Å². The van der Waals surface area contributed by atoms with Crippen LogP contribution in [0.3, 0.4) is 0 Å². The Balaban J connectivity index is 2.88. The number of carbonyl (C=O) groups is 2. The third-order valence-corrected chi connectivity index (χ3v) is 3.22. The Morgan fingerprint density at radius 2 is 1.85 bits per heavy atom. The van der Waals surface area contributed by atoms with Gasteiger partial charge in [-0.05, 0) is 31.5 Å². The number of carboxylic acids is 1. The molecule has 0 radical (unpaired) electrons. The number of nitrogens with one attached hydrogen (secondary N) is 1. The number of carbonyl (C=O) groups excluding carboxylic acids is 1. The molecule has 5 N–H and O–H groups in total. The van der Waals surface area contributed by atoms with Crippen molar-refractivity contribution in [3.8, 4) is 0 Å². The van der Waals surface area contributed by atoms with E-state index in [0.29, 0.717) is 5.69 Å². The number of benzene rings is 1. The molecule has 0 aliphatic heterocycles. The number of carboxylic acid groups (broad SMARTS) is 1. The third-order valence-electron chi connectivity index (χ3n) is 3.22. The summed E-state index contributed by atoms with van der Waals surface area (Å²) in [5.41, 5.74) is 6.03. The normalized spacial score (nSPS) is 12.8. The average molecular weight is 280 g/mol. The minimum absolute atomic E-state index is 0.0289. The van der Waals surface area contributed by atoms with Crippen LogP contribution in [-0.4, -0.2) is 34.7 Å². The Labute approximate surface area is 117 Å². The number of rotatable bonds is 6. The van der Waals surface area contributed by atoms with Crippen molar-refractivity contribution < 1.29 is 19.8 Å². The Hall–Kier alpha value is -2.08. The summed E-state index contributed by atoms with van der Waals surface area (Å²) in [4.78, 5) is 23.2. The molecule has 110 valence electrons. The van der Waals surface area contributed by atoms with Gasteiger partial charge in [-0.3, -0.25) is 4.79 Å². The van der Waals surface area contributed by atoms with Gasteiger partial charge in [-0.15, -0.1) is 0 Å². The first kappa shape index (κ1) is 16.0. The van der Waals surface area contributed by atoms with Gasteiger partial charge in [-0.25, -0.2) is 4.79 Å². The molecule has 0 heterocycles. The highest BCUT2D eigenvalue weighted by Gasteiger charge is 2.32. The van der Waals surface area contributed by atoms with Crippen LogP contribution >= 0.6 is 0 Å². The average Bonchev–Trinajstić information content (AvgIpc) is 2.38. The second kappa shape index (κ2) is 6.38. The SMILES string of the molecule is CC(C)(C(=O)NC(CCO)C(=O)O)c1ccc(N)cc1. The summed E-state index contributed by atoms with van der Waals surface area (Å²) in [6, 6.07) is 5.74. The lowest BCUT2D eigenvalue weighted by atomic mass is 9.83. The maximum Gasteiger partial charge on any atom is 0.326 e. The monoisotopic (exact) mass is 280 g/mol. The van der Waals surface area contributed by atoms with Crippen molar-refractivity contribution in [3.05, 3.63) is 29.8 Å². The maximum absolute atomic E-state index is 12.3. The number of hydrogen-bond acceptors (Lipinski definition) is 4. The second-order valence-corrected chi connectivity index (χ2v) is 5.12. The molecule has 6 nitrogen and oxygen atoms in total. The van der Waals surface area contributed by atoms with E-state index in [1.807, 2.05) is 0 Å². The molecule has 0 bridgehead atoms. The van der Waals surface area contributed by atoms with Gasteiger partial charge >= 0.3 is 5.97 Å². The quantitative estimate of drug-likeness (QED) is 0.567. The summed E-state index contributed by atoms with van der Waals surface area (Å²) < 4.78 is 0. The zero-order chi connectivity index (χ0) is 15.3. The molecule has 1 aromatic rings. The summed E-state index contributed by atoms with van der Waals surface area (Å²) in [5, 5.41) is 20.2. The largest absolute Gasteiger partial charge is 0.480 e. The van der Waals surface area contributed by atoms with Crippen molar-refractivity contribution in [3.63, 3.8) is 0 Å². The van der Waals surface area contributed by atoms with Crippen LogP contribution in [0.4, 0.5) is 5.69 Å². The predicted molar refractivity (Wildman–Crippen MR) is 75.1 cm³/mol. The van der Waals surface area contributed by atoms with Crippen LogP contribution < -0.4 is 11.1 Å². The highest BCUT2D eigenvalue weighted by atomic mass is 16.4. The van der Waals surface area contributed by atoms with Gasteiger partial charge in [0.15, 0.2) is 0 Å². The Kier molecular flexibility index (Phi) is 5.10. The van der Waals surface area contributed by atoms with Crippen LogP contribution in [0.15, 0.2) is 24.3 Å². The molecule has 0 aliphatic rings. The van der Waals surface area contributed by atoms with Gasteiger partial charge < -0.3 is 21.3 Å². The standard InChI is InChI=1S/C14H20N2O4/c1-14(2,9-3-5-10(15)6-4-9)13(20)16-11(7-8-17)12(18)19/h3-6,11,17H,7-8,15H2,1-2H3,(H,16,20)(H,18,19). The molecule has 0 saturated heterocycles. The first-order chi connectivity index (χ1) is 9.28. The lowest BCUT2D eigenvalue weighted by molar-refractivity contribution is -0.143. The second-order valence-electron chi connectivity index (χ2n) is 5.12. The number of hydrogen-bond donors (Lipinski definition) is 4. The van der Waals surface area contributed by atoms with E-state index in [1.165, 1.54) is 0 Å². The molecule has 1 aromatic carbocycles. The van der Waals surface area contributed by atoms with E-state index in [0.717, 1.165) is 5.56 Å². The molecule has 0 fully saturated rings. The van der Waals surface area contributed by atoms with Crippen LogP contribution in [-0.2, 0) is 15.0 Å². The number of anilines is 1. The maximum atomic E-state index is 12.3. The molecule has 1 atom stereocenters. The number of aliphatic carboxylic acids is 1. The predicted octanol–water partition coefficient (Wildman–Crippen LogP) is 0.498. The summed E-state index contributed by atoms with van der Waals surface area (Å²) >= 11 is 0. The lowest BCUT2D eigenvalue weighted by Gasteiger charge is -2.26. The van der Waals surface area contributed by atoms with Gasteiger partial charge in [-0.2, -0.15) is 0 Å². The lowest BCUT2D eigenvalue weighted by Crippen LogP contribution is -2.48. The van der Waals surface area contributed by atoms with Crippen molar-refractivity contribution in [2.45, 2.75) is 31.7 Å². The molecule has 6 heteroatoms. The van der Waals surface area contributed by atoms with Gasteiger partial charge in [0.05, 0.1) is 5.41 Å². The van der Waals surface area contributed by atoms with Crippen LogP contribution in [0.5, 0.6) is 0 Å². The number of nitrogens with two attached hydrogens (primary N) is 1. The fraction of sp³-hybridized carbons (Fsp3) is 0.429. The zero-order valence-electron chi connectivity index (χ0n) is 11.6. The summed E-state index contributed by atoms with van der Waals surface area (Å²) in [7, 11) is 0. The highest BCUT2D eigenvalue weighted by molar-refractivity contribution is 5.90. The molecule has 20 heavy (non-hydrogen) atoms. The van der Waals surface area contributed by atoms with Crippen molar-refractivity contribution in [2.24, 2.45) is 0 Å². The Bertz CT molecular complexity index is 482. The Morgan fingerprint density at radius 3 is 2.30 bits per heavy atom. The van der Waals surface area contributed by atoms with Crippen LogP contribution in [0.1, 0.15) is 25.8 Å². The van der Waals surface area contributed by atoms with Gasteiger partial charge in [0.1, 0.15) is 6.04 Å².